The third-order valence-corrected chi connectivity index (χ3v) is 4.98. The molecule has 2 N–H and O–H groups in total. The van der Waals surface area contributed by atoms with Crippen LogP contribution in [0.2, 0.25) is 0 Å². The fraction of sp³-hybridized carbons (Fsp3) is 0.227. The molecule has 2 aromatic carbocycles. The van der Waals surface area contributed by atoms with E-state index in [1.165, 1.54) is 4.90 Å². The van der Waals surface area contributed by atoms with Crippen LogP contribution in [0.25, 0.3) is 11.3 Å². The van der Waals surface area contributed by atoms with Gasteiger partial charge in [0.1, 0.15) is 11.9 Å². The molecule has 4 rings (SSSR count). The normalized spacial score (nSPS) is 15.7. The van der Waals surface area contributed by atoms with Crippen molar-refractivity contribution in [3.63, 3.8) is 0 Å². The maximum absolute atomic E-state index is 13.7. The van der Waals surface area contributed by atoms with E-state index in [9.17, 15) is 18.4 Å². The molecule has 7 nitrogen and oxygen atoms in total. The molecule has 2 amide bonds. The van der Waals surface area contributed by atoms with Gasteiger partial charge in [-0.25, -0.2) is 8.78 Å². The van der Waals surface area contributed by atoms with Crippen LogP contribution < -0.4 is 10.1 Å². The lowest BCUT2D eigenvalue weighted by atomic mass is 10.1. The van der Waals surface area contributed by atoms with E-state index in [1.807, 2.05) is 30.3 Å². The molecule has 1 fully saturated rings. The topological polar surface area (TPSA) is 87.3 Å². The Kier molecular flexibility index (Phi) is 5.92. The van der Waals surface area contributed by atoms with Crippen molar-refractivity contribution in [1.82, 2.24) is 20.4 Å². The van der Waals surface area contributed by atoms with Gasteiger partial charge in [-0.15, -0.1) is 0 Å². The summed E-state index contributed by atoms with van der Waals surface area (Å²) in [6, 6.07) is 14.0. The summed E-state index contributed by atoms with van der Waals surface area (Å²) in [5.74, 6) is -2.20. The number of nitrogens with one attached hydrogen (secondary N) is 2. The number of aromatic amines is 1. The third kappa shape index (κ3) is 4.88. The molecule has 0 radical (unpaired) electrons. The Balaban J connectivity index is 1.28. The molecule has 0 bridgehead atoms. The molecule has 160 valence electrons. The predicted octanol–water partition coefficient (Wildman–Crippen LogP) is 2.76. The summed E-state index contributed by atoms with van der Waals surface area (Å²) < 4.78 is 32.5. The van der Waals surface area contributed by atoms with Crippen molar-refractivity contribution in [3.8, 4) is 17.0 Å². The number of H-pyrrole nitrogens is 1. The van der Waals surface area contributed by atoms with Crippen LogP contribution in [-0.4, -0.2) is 52.6 Å². The molecular formula is C22H20F2N4O3. The molecule has 1 aliphatic rings. The van der Waals surface area contributed by atoms with Gasteiger partial charge in [-0.05, 0) is 23.8 Å². The number of hydrogen-bond acceptors (Lipinski definition) is 4. The van der Waals surface area contributed by atoms with Gasteiger partial charge in [0, 0.05) is 19.0 Å². The maximum Gasteiger partial charge on any atom is 0.272 e. The number of hydrogen-bond donors (Lipinski definition) is 2. The molecule has 1 saturated heterocycles. The zero-order chi connectivity index (χ0) is 21.8. The van der Waals surface area contributed by atoms with E-state index < -0.39 is 23.6 Å². The van der Waals surface area contributed by atoms with E-state index in [1.54, 1.807) is 6.07 Å². The first-order valence-electron chi connectivity index (χ1n) is 9.78. The van der Waals surface area contributed by atoms with E-state index in [0.29, 0.717) is 18.7 Å². The van der Waals surface area contributed by atoms with Gasteiger partial charge >= 0.3 is 0 Å². The minimum absolute atomic E-state index is 0.177. The number of halogens is 2. The van der Waals surface area contributed by atoms with Crippen LogP contribution in [0.1, 0.15) is 16.9 Å². The molecular weight excluding hydrogens is 406 g/mol. The summed E-state index contributed by atoms with van der Waals surface area (Å²) in [5.41, 5.74) is 1.76. The van der Waals surface area contributed by atoms with Crippen LogP contribution in [0, 0.1) is 11.6 Å². The Bertz CT molecular complexity index is 1090. The van der Waals surface area contributed by atoms with E-state index in [-0.39, 0.29) is 30.4 Å². The van der Waals surface area contributed by atoms with E-state index in [4.69, 9.17) is 4.74 Å². The number of aromatic nitrogens is 2. The number of rotatable bonds is 6. The Morgan fingerprint density at radius 3 is 2.77 bits per heavy atom. The summed E-state index contributed by atoms with van der Waals surface area (Å²) in [4.78, 5) is 26.3. The molecule has 0 saturated carbocycles. The predicted molar refractivity (Wildman–Crippen MR) is 108 cm³/mol. The second kappa shape index (κ2) is 8.95. The SMILES string of the molecule is O=C(NCC(=O)N1CCC(Oc2cc(F)ccc2F)C1)c1cc(-c2ccccc2)[nH]n1. The Morgan fingerprint density at radius 1 is 1.16 bits per heavy atom. The van der Waals surface area contributed by atoms with Crippen molar-refractivity contribution in [2.75, 3.05) is 19.6 Å². The summed E-state index contributed by atoms with van der Waals surface area (Å²) >= 11 is 0. The lowest BCUT2D eigenvalue weighted by Gasteiger charge is -2.17. The Hall–Kier alpha value is -3.75. The molecule has 2 heterocycles. The number of carbonyl (C=O) groups excluding carboxylic acids is 2. The van der Waals surface area contributed by atoms with Gasteiger partial charge in [0.2, 0.25) is 5.91 Å². The number of nitrogens with zero attached hydrogens (tertiary/aromatic N) is 2. The van der Waals surface area contributed by atoms with E-state index in [0.717, 1.165) is 23.8 Å². The molecule has 9 heteroatoms. The van der Waals surface area contributed by atoms with Crippen LogP contribution in [0.4, 0.5) is 8.78 Å². The number of benzene rings is 2. The van der Waals surface area contributed by atoms with Crippen LogP contribution in [0.5, 0.6) is 5.75 Å². The van der Waals surface area contributed by atoms with Crippen LogP contribution in [0.3, 0.4) is 0 Å². The van der Waals surface area contributed by atoms with Crippen molar-refractivity contribution in [2.24, 2.45) is 0 Å². The molecule has 1 unspecified atom stereocenters. The number of carbonyl (C=O) groups is 2. The fourth-order valence-corrected chi connectivity index (χ4v) is 3.36. The summed E-state index contributed by atoms with van der Waals surface area (Å²) in [5, 5.41) is 9.36. The first-order valence-corrected chi connectivity index (χ1v) is 9.78. The van der Waals surface area contributed by atoms with Crippen molar-refractivity contribution in [3.05, 3.63) is 71.9 Å². The van der Waals surface area contributed by atoms with Gasteiger partial charge in [0.15, 0.2) is 17.3 Å². The fourth-order valence-electron chi connectivity index (χ4n) is 3.36. The minimum atomic E-state index is -0.660. The molecule has 1 aliphatic heterocycles. The van der Waals surface area contributed by atoms with Gasteiger partial charge in [-0.2, -0.15) is 5.10 Å². The Labute approximate surface area is 177 Å². The monoisotopic (exact) mass is 426 g/mol. The summed E-state index contributed by atoms with van der Waals surface area (Å²) in [6.07, 6.45) is 0.0332. The molecule has 0 aliphatic carbocycles. The average molecular weight is 426 g/mol. The van der Waals surface area contributed by atoms with Crippen LogP contribution in [0.15, 0.2) is 54.6 Å². The molecule has 3 aromatic rings. The van der Waals surface area contributed by atoms with Crippen LogP contribution >= 0.6 is 0 Å². The molecule has 31 heavy (non-hydrogen) atoms. The highest BCUT2D eigenvalue weighted by molar-refractivity contribution is 5.95. The Morgan fingerprint density at radius 2 is 1.97 bits per heavy atom. The van der Waals surface area contributed by atoms with Gasteiger partial charge < -0.3 is 15.0 Å². The first kappa shape index (κ1) is 20.5. The third-order valence-electron chi connectivity index (χ3n) is 4.98. The minimum Gasteiger partial charge on any atom is -0.485 e. The summed E-state index contributed by atoms with van der Waals surface area (Å²) in [6.45, 7) is 0.426. The van der Waals surface area contributed by atoms with Crippen LogP contribution in [-0.2, 0) is 4.79 Å². The average Bonchev–Trinajstić information content (AvgIpc) is 3.45. The largest absolute Gasteiger partial charge is 0.485 e. The first-order chi connectivity index (χ1) is 15.0. The molecule has 0 spiro atoms. The van der Waals surface area contributed by atoms with Crippen molar-refractivity contribution in [2.45, 2.75) is 12.5 Å². The second-order valence-electron chi connectivity index (χ2n) is 7.16. The molecule has 1 aromatic heterocycles. The number of likely N-dealkylation sites (tertiary alicyclic amines) is 1. The highest BCUT2D eigenvalue weighted by Crippen LogP contribution is 2.23. The van der Waals surface area contributed by atoms with Gasteiger partial charge in [-0.3, -0.25) is 14.7 Å². The number of ether oxygens (including phenoxy) is 1. The smallest absolute Gasteiger partial charge is 0.272 e. The molecule has 1 atom stereocenters. The second-order valence-corrected chi connectivity index (χ2v) is 7.16. The van der Waals surface area contributed by atoms with Crippen molar-refractivity contribution < 1.29 is 23.1 Å². The quantitative estimate of drug-likeness (QED) is 0.635. The highest BCUT2D eigenvalue weighted by atomic mass is 19.1. The number of amides is 2. The highest BCUT2D eigenvalue weighted by Gasteiger charge is 2.28. The lowest BCUT2D eigenvalue weighted by molar-refractivity contribution is -0.129. The van der Waals surface area contributed by atoms with Gasteiger partial charge in [0.25, 0.3) is 5.91 Å². The van der Waals surface area contributed by atoms with Gasteiger partial charge in [0.05, 0.1) is 18.8 Å². The van der Waals surface area contributed by atoms with Crippen molar-refractivity contribution >= 4 is 11.8 Å². The zero-order valence-corrected chi connectivity index (χ0v) is 16.5. The standard InChI is InChI=1S/C22H20F2N4O3/c23-15-6-7-17(24)20(10-15)31-16-8-9-28(13-16)21(29)12-25-22(30)19-11-18(26-27-19)14-4-2-1-3-5-14/h1-7,10-11,16H,8-9,12-13H2,(H,25,30)(H,26,27). The van der Waals surface area contributed by atoms with E-state index >= 15 is 0 Å². The van der Waals surface area contributed by atoms with Gasteiger partial charge in [-0.1, -0.05) is 30.3 Å². The zero-order valence-electron chi connectivity index (χ0n) is 16.5. The maximum atomic E-state index is 13.7. The van der Waals surface area contributed by atoms with E-state index in [2.05, 4.69) is 15.5 Å². The lowest BCUT2D eigenvalue weighted by Crippen LogP contribution is -2.39. The van der Waals surface area contributed by atoms with Crippen molar-refractivity contribution in [1.29, 1.82) is 0 Å². The summed E-state index contributed by atoms with van der Waals surface area (Å²) in [7, 11) is 0.